The summed E-state index contributed by atoms with van der Waals surface area (Å²) in [5.74, 6) is 0.982. The zero-order valence-corrected chi connectivity index (χ0v) is 9.61. The fraction of sp³-hybridized carbons (Fsp3) is 0.583. The molecule has 1 aliphatic carbocycles. The number of rotatable bonds is 2. The highest BCUT2D eigenvalue weighted by Gasteiger charge is 2.33. The summed E-state index contributed by atoms with van der Waals surface area (Å²) in [6.45, 7) is 0.748. The van der Waals surface area contributed by atoms with Crippen LogP contribution in [-0.4, -0.2) is 22.6 Å². The zero-order valence-electron chi connectivity index (χ0n) is 9.61. The molecule has 0 bridgehead atoms. The number of aryl methyl sites for hydroxylation is 1. The van der Waals surface area contributed by atoms with E-state index in [-0.39, 0.29) is 0 Å². The number of nitrogens with zero attached hydrogens (tertiary/aromatic N) is 2. The lowest BCUT2D eigenvalue weighted by molar-refractivity contribution is 0.583. The first-order chi connectivity index (χ1) is 7.83. The highest BCUT2D eigenvalue weighted by molar-refractivity contribution is 5.83. The Hall–Kier alpha value is -1.45. The Bertz CT molecular complexity index is 393. The smallest absolute Gasteiger partial charge is 0.192 e. The molecule has 2 heterocycles. The first kappa shape index (κ1) is 9.75. The molecule has 86 valence electrons. The fourth-order valence-corrected chi connectivity index (χ4v) is 2.61. The second kappa shape index (κ2) is 3.85. The standard InChI is InChI=1S/C12H18N4/c1-16-7-3-4-9(16)8-13-12-14-10-5-2-6-11(10)15-12/h3-4,7,10-11H,2,5-6,8H2,1H3,(H2,13,14,15). The van der Waals surface area contributed by atoms with Gasteiger partial charge < -0.3 is 15.2 Å². The van der Waals surface area contributed by atoms with E-state index in [1.54, 1.807) is 0 Å². The van der Waals surface area contributed by atoms with Gasteiger partial charge in [-0.2, -0.15) is 0 Å². The molecule has 1 saturated carbocycles. The summed E-state index contributed by atoms with van der Waals surface area (Å²) in [5.41, 5.74) is 1.24. The lowest BCUT2D eigenvalue weighted by atomic mass is 10.2. The Kier molecular flexibility index (Phi) is 2.35. The first-order valence-electron chi connectivity index (χ1n) is 6.00. The molecule has 0 aromatic carbocycles. The monoisotopic (exact) mass is 218 g/mol. The summed E-state index contributed by atoms with van der Waals surface area (Å²) in [4.78, 5) is 4.58. The molecule has 0 spiro atoms. The normalized spacial score (nSPS) is 27.4. The Morgan fingerprint density at radius 2 is 2.12 bits per heavy atom. The van der Waals surface area contributed by atoms with Crippen molar-refractivity contribution >= 4 is 5.96 Å². The van der Waals surface area contributed by atoms with Crippen molar-refractivity contribution in [3.63, 3.8) is 0 Å². The maximum Gasteiger partial charge on any atom is 0.192 e. The average Bonchev–Trinajstić information content (AvgIpc) is 2.89. The van der Waals surface area contributed by atoms with Crippen molar-refractivity contribution in [1.29, 1.82) is 0 Å². The summed E-state index contributed by atoms with van der Waals surface area (Å²) in [7, 11) is 2.06. The maximum absolute atomic E-state index is 4.58. The van der Waals surface area contributed by atoms with Gasteiger partial charge in [0.05, 0.1) is 6.54 Å². The van der Waals surface area contributed by atoms with Crippen LogP contribution in [-0.2, 0) is 13.6 Å². The predicted octanol–water partition coefficient (Wildman–Crippen LogP) is 0.995. The van der Waals surface area contributed by atoms with Crippen molar-refractivity contribution in [2.24, 2.45) is 12.0 Å². The van der Waals surface area contributed by atoms with Crippen LogP contribution in [0.3, 0.4) is 0 Å². The zero-order chi connectivity index (χ0) is 11.0. The molecule has 2 unspecified atom stereocenters. The van der Waals surface area contributed by atoms with Crippen LogP contribution >= 0.6 is 0 Å². The number of aliphatic imine (C=N–C) groups is 1. The van der Waals surface area contributed by atoms with Crippen molar-refractivity contribution in [2.75, 3.05) is 0 Å². The Labute approximate surface area is 95.8 Å². The third-order valence-electron chi connectivity index (χ3n) is 3.61. The minimum Gasteiger partial charge on any atom is -0.353 e. The van der Waals surface area contributed by atoms with E-state index in [9.17, 15) is 0 Å². The van der Waals surface area contributed by atoms with Crippen LogP contribution in [0.15, 0.2) is 23.3 Å². The summed E-state index contributed by atoms with van der Waals surface area (Å²) in [6, 6.07) is 5.40. The average molecular weight is 218 g/mol. The molecule has 4 heteroatoms. The summed E-state index contributed by atoms with van der Waals surface area (Å²) in [6.07, 6.45) is 5.95. The van der Waals surface area contributed by atoms with Gasteiger partial charge in [-0.25, -0.2) is 4.99 Å². The van der Waals surface area contributed by atoms with Crippen LogP contribution in [0.2, 0.25) is 0 Å². The quantitative estimate of drug-likeness (QED) is 0.777. The molecule has 1 aliphatic heterocycles. The second-order valence-electron chi connectivity index (χ2n) is 4.71. The van der Waals surface area contributed by atoms with Gasteiger partial charge in [-0.05, 0) is 31.4 Å². The third kappa shape index (κ3) is 1.68. The van der Waals surface area contributed by atoms with Crippen molar-refractivity contribution in [1.82, 2.24) is 15.2 Å². The summed E-state index contributed by atoms with van der Waals surface area (Å²) in [5, 5.41) is 6.93. The molecular formula is C12H18N4. The molecule has 1 aromatic heterocycles. The van der Waals surface area contributed by atoms with Crippen LogP contribution in [0.5, 0.6) is 0 Å². The molecule has 2 fully saturated rings. The number of fused-ring (bicyclic) bond motifs is 1. The van der Waals surface area contributed by atoms with Crippen molar-refractivity contribution in [3.8, 4) is 0 Å². The molecular weight excluding hydrogens is 200 g/mol. The molecule has 1 aromatic rings. The van der Waals surface area contributed by atoms with Crippen molar-refractivity contribution < 1.29 is 0 Å². The van der Waals surface area contributed by atoms with Gasteiger partial charge in [0.15, 0.2) is 5.96 Å². The van der Waals surface area contributed by atoms with E-state index in [0.29, 0.717) is 12.1 Å². The minimum atomic E-state index is 0.618. The van der Waals surface area contributed by atoms with E-state index in [2.05, 4.69) is 45.6 Å². The van der Waals surface area contributed by atoms with Crippen LogP contribution in [0, 0.1) is 0 Å². The summed E-state index contributed by atoms with van der Waals surface area (Å²) >= 11 is 0. The largest absolute Gasteiger partial charge is 0.353 e. The minimum absolute atomic E-state index is 0.618. The van der Waals surface area contributed by atoms with Gasteiger partial charge in [0, 0.05) is 31.0 Å². The predicted molar refractivity (Wildman–Crippen MR) is 64.3 cm³/mol. The van der Waals surface area contributed by atoms with Gasteiger partial charge >= 0.3 is 0 Å². The first-order valence-corrected chi connectivity index (χ1v) is 6.00. The van der Waals surface area contributed by atoms with Gasteiger partial charge in [-0.3, -0.25) is 0 Å². The number of hydrogen-bond acceptors (Lipinski definition) is 1. The third-order valence-corrected chi connectivity index (χ3v) is 3.61. The van der Waals surface area contributed by atoms with Crippen LogP contribution in [0.1, 0.15) is 25.0 Å². The maximum atomic E-state index is 4.58. The van der Waals surface area contributed by atoms with Gasteiger partial charge in [0.2, 0.25) is 0 Å². The van der Waals surface area contributed by atoms with Gasteiger partial charge in [-0.15, -0.1) is 0 Å². The number of guanidine groups is 1. The SMILES string of the molecule is Cn1cccc1CN=C1NC2CCCC2N1. The number of aromatic nitrogens is 1. The molecule has 2 aliphatic rings. The Morgan fingerprint density at radius 1 is 1.38 bits per heavy atom. The molecule has 2 N–H and O–H groups in total. The highest BCUT2D eigenvalue weighted by atomic mass is 15.3. The van der Waals surface area contributed by atoms with E-state index in [0.717, 1.165) is 12.5 Å². The lowest BCUT2D eigenvalue weighted by Gasteiger charge is -2.04. The lowest BCUT2D eigenvalue weighted by Crippen LogP contribution is -2.28. The van der Waals surface area contributed by atoms with E-state index in [1.807, 2.05) is 0 Å². The van der Waals surface area contributed by atoms with Crippen LogP contribution < -0.4 is 10.6 Å². The number of nitrogens with one attached hydrogen (secondary N) is 2. The summed E-state index contributed by atoms with van der Waals surface area (Å²) < 4.78 is 2.11. The fourth-order valence-electron chi connectivity index (χ4n) is 2.61. The molecule has 2 atom stereocenters. The van der Waals surface area contributed by atoms with Crippen molar-refractivity contribution in [2.45, 2.75) is 37.9 Å². The van der Waals surface area contributed by atoms with E-state index in [1.165, 1.54) is 25.0 Å². The van der Waals surface area contributed by atoms with Crippen molar-refractivity contribution in [3.05, 3.63) is 24.0 Å². The number of hydrogen-bond donors (Lipinski definition) is 2. The van der Waals surface area contributed by atoms with E-state index < -0.39 is 0 Å². The van der Waals surface area contributed by atoms with Gasteiger partial charge in [0.25, 0.3) is 0 Å². The Morgan fingerprint density at radius 3 is 2.75 bits per heavy atom. The van der Waals surface area contributed by atoms with E-state index >= 15 is 0 Å². The highest BCUT2D eigenvalue weighted by Crippen LogP contribution is 2.22. The van der Waals surface area contributed by atoms with Gasteiger partial charge in [-0.1, -0.05) is 0 Å². The van der Waals surface area contributed by atoms with Gasteiger partial charge in [0.1, 0.15) is 0 Å². The molecule has 1 saturated heterocycles. The molecule has 0 amide bonds. The second-order valence-corrected chi connectivity index (χ2v) is 4.71. The molecule has 16 heavy (non-hydrogen) atoms. The Balaban J connectivity index is 1.64. The molecule has 0 radical (unpaired) electrons. The van der Waals surface area contributed by atoms with Crippen LogP contribution in [0.25, 0.3) is 0 Å². The topological polar surface area (TPSA) is 41.4 Å². The van der Waals surface area contributed by atoms with Crippen LogP contribution in [0.4, 0.5) is 0 Å². The molecule has 3 rings (SSSR count). The van der Waals surface area contributed by atoms with E-state index in [4.69, 9.17) is 0 Å². The molecule has 4 nitrogen and oxygen atoms in total.